The van der Waals surface area contributed by atoms with Crippen molar-refractivity contribution in [1.82, 2.24) is 10.4 Å². The van der Waals surface area contributed by atoms with Gasteiger partial charge in [-0.1, -0.05) is 0 Å². The molecule has 1 saturated heterocycles. The number of nitrogens with zero attached hydrogens (tertiary/aromatic N) is 1. The second kappa shape index (κ2) is 6.73. The third kappa shape index (κ3) is 4.15. The summed E-state index contributed by atoms with van der Waals surface area (Å²) in [6.07, 6.45) is 0.677. The molecule has 0 aromatic rings. The lowest BCUT2D eigenvalue weighted by Gasteiger charge is -2.12. The van der Waals surface area contributed by atoms with Crippen LogP contribution in [0.2, 0.25) is 0 Å². The van der Waals surface area contributed by atoms with E-state index in [0.29, 0.717) is 18.0 Å². The summed E-state index contributed by atoms with van der Waals surface area (Å²) in [6, 6.07) is 0. The number of carbonyl (C=O) groups excluding carboxylic acids is 4. The van der Waals surface area contributed by atoms with Crippen LogP contribution in [0.25, 0.3) is 0 Å². The molecule has 1 fully saturated rings. The highest BCUT2D eigenvalue weighted by Gasteiger charge is 2.32. The second-order valence-electron chi connectivity index (χ2n) is 3.85. The van der Waals surface area contributed by atoms with E-state index in [-0.39, 0.29) is 33.0 Å². The SMILES string of the molecule is CCNC(=O)CCCC(=O)ON1C(=O)CCC1=O.[HH]. The fourth-order valence-corrected chi connectivity index (χ4v) is 1.48. The fourth-order valence-electron chi connectivity index (χ4n) is 1.48. The average molecular weight is 258 g/mol. The van der Waals surface area contributed by atoms with Crippen molar-refractivity contribution in [3.8, 4) is 0 Å². The fraction of sp³-hybridized carbons (Fsp3) is 0.636. The van der Waals surface area contributed by atoms with Gasteiger partial charge in [-0.15, -0.1) is 5.06 Å². The van der Waals surface area contributed by atoms with E-state index in [9.17, 15) is 19.2 Å². The molecule has 0 aromatic heterocycles. The van der Waals surface area contributed by atoms with Crippen LogP contribution < -0.4 is 5.32 Å². The van der Waals surface area contributed by atoms with Crippen molar-refractivity contribution in [2.24, 2.45) is 0 Å². The highest BCUT2D eigenvalue weighted by Crippen LogP contribution is 2.13. The summed E-state index contributed by atoms with van der Waals surface area (Å²) in [5, 5.41) is 3.11. The summed E-state index contributed by atoms with van der Waals surface area (Å²) in [6.45, 7) is 2.34. The van der Waals surface area contributed by atoms with Gasteiger partial charge in [-0.05, 0) is 13.3 Å². The van der Waals surface area contributed by atoms with Gasteiger partial charge in [-0.2, -0.15) is 0 Å². The number of rotatable bonds is 6. The Morgan fingerprint density at radius 3 is 2.44 bits per heavy atom. The van der Waals surface area contributed by atoms with E-state index < -0.39 is 17.8 Å². The molecule has 1 aliphatic heterocycles. The van der Waals surface area contributed by atoms with Gasteiger partial charge < -0.3 is 10.2 Å². The molecule has 1 rings (SSSR count). The van der Waals surface area contributed by atoms with E-state index in [1.54, 1.807) is 6.92 Å². The van der Waals surface area contributed by atoms with E-state index in [2.05, 4.69) is 10.2 Å². The number of nitrogens with one attached hydrogen (secondary N) is 1. The van der Waals surface area contributed by atoms with Gasteiger partial charge in [0.15, 0.2) is 0 Å². The zero-order valence-electron chi connectivity index (χ0n) is 10.2. The summed E-state index contributed by atoms with van der Waals surface area (Å²) in [5.74, 6) is -1.82. The zero-order chi connectivity index (χ0) is 13.5. The van der Waals surface area contributed by atoms with Crippen molar-refractivity contribution in [3.05, 3.63) is 0 Å². The van der Waals surface area contributed by atoms with Crippen LogP contribution in [0.1, 0.15) is 40.5 Å². The molecule has 1 N–H and O–H groups in total. The first kappa shape index (κ1) is 14.1. The minimum absolute atomic E-state index is 0. The van der Waals surface area contributed by atoms with Crippen molar-refractivity contribution >= 4 is 23.7 Å². The Bertz CT molecular complexity index is 356. The van der Waals surface area contributed by atoms with Crippen LogP contribution in [-0.4, -0.2) is 35.3 Å². The topological polar surface area (TPSA) is 92.8 Å². The Balaban J connectivity index is 0.00000324. The lowest BCUT2D eigenvalue weighted by molar-refractivity contribution is -0.197. The van der Waals surface area contributed by atoms with Crippen molar-refractivity contribution in [2.45, 2.75) is 39.0 Å². The van der Waals surface area contributed by atoms with E-state index in [1.807, 2.05) is 0 Å². The predicted octanol–water partition coefficient (Wildman–Crippen LogP) is 0.146. The Hall–Kier alpha value is -1.92. The standard InChI is InChI=1S/C11H16N2O5.H2/c1-2-12-8(14)4-3-5-11(17)18-13-9(15)6-7-10(13)16;/h2-7H2,1H3,(H,12,14);1H. The molecular weight excluding hydrogens is 240 g/mol. The highest BCUT2D eigenvalue weighted by molar-refractivity contribution is 6.01. The summed E-state index contributed by atoms with van der Waals surface area (Å²) in [5.41, 5.74) is 0. The summed E-state index contributed by atoms with van der Waals surface area (Å²) < 4.78 is 0. The molecule has 0 bridgehead atoms. The Labute approximate surface area is 106 Å². The first-order valence-corrected chi connectivity index (χ1v) is 5.88. The molecule has 0 atom stereocenters. The van der Waals surface area contributed by atoms with E-state index >= 15 is 0 Å². The maximum absolute atomic E-state index is 11.3. The van der Waals surface area contributed by atoms with Crippen LogP contribution in [0, 0.1) is 0 Å². The van der Waals surface area contributed by atoms with Crippen LogP contribution in [0.5, 0.6) is 0 Å². The molecule has 0 aromatic carbocycles. The molecule has 7 heteroatoms. The normalized spacial score (nSPS) is 14.8. The number of amides is 3. The Morgan fingerprint density at radius 1 is 1.28 bits per heavy atom. The smallest absolute Gasteiger partial charge is 0.333 e. The maximum Gasteiger partial charge on any atom is 0.333 e. The van der Waals surface area contributed by atoms with Gasteiger partial charge in [0.2, 0.25) is 5.91 Å². The van der Waals surface area contributed by atoms with Crippen LogP contribution in [0.3, 0.4) is 0 Å². The molecule has 7 nitrogen and oxygen atoms in total. The van der Waals surface area contributed by atoms with Gasteiger partial charge >= 0.3 is 5.97 Å². The predicted molar refractivity (Wildman–Crippen MR) is 61.8 cm³/mol. The number of imide groups is 1. The molecule has 102 valence electrons. The maximum atomic E-state index is 11.3. The molecule has 0 unspecified atom stereocenters. The van der Waals surface area contributed by atoms with Gasteiger partial charge in [0, 0.05) is 33.7 Å². The quantitative estimate of drug-likeness (QED) is 0.684. The Kier molecular flexibility index (Phi) is 5.29. The van der Waals surface area contributed by atoms with Gasteiger partial charge in [0.05, 0.1) is 0 Å². The van der Waals surface area contributed by atoms with Gasteiger partial charge in [-0.25, -0.2) is 4.79 Å². The van der Waals surface area contributed by atoms with Gasteiger partial charge in [0.25, 0.3) is 11.8 Å². The summed E-state index contributed by atoms with van der Waals surface area (Å²) in [4.78, 5) is 49.4. The number of hydrogen-bond acceptors (Lipinski definition) is 5. The van der Waals surface area contributed by atoms with Crippen LogP contribution in [0.4, 0.5) is 0 Å². The van der Waals surface area contributed by atoms with Gasteiger partial charge in [-0.3, -0.25) is 14.4 Å². The molecular formula is C11H18N2O5. The lowest BCUT2D eigenvalue weighted by atomic mass is 10.2. The van der Waals surface area contributed by atoms with Gasteiger partial charge in [0.1, 0.15) is 0 Å². The minimum atomic E-state index is -0.678. The monoisotopic (exact) mass is 258 g/mol. The molecule has 1 aliphatic rings. The van der Waals surface area contributed by atoms with Crippen molar-refractivity contribution in [1.29, 1.82) is 0 Å². The average Bonchev–Trinajstić information content (AvgIpc) is 2.61. The second-order valence-corrected chi connectivity index (χ2v) is 3.85. The molecule has 0 saturated carbocycles. The van der Waals surface area contributed by atoms with E-state index in [4.69, 9.17) is 0 Å². The molecule has 0 spiro atoms. The molecule has 0 aliphatic carbocycles. The first-order valence-electron chi connectivity index (χ1n) is 5.88. The van der Waals surface area contributed by atoms with E-state index in [1.165, 1.54) is 0 Å². The third-order valence-corrected chi connectivity index (χ3v) is 2.36. The molecule has 18 heavy (non-hydrogen) atoms. The molecule has 0 radical (unpaired) electrons. The molecule has 1 heterocycles. The lowest BCUT2D eigenvalue weighted by Crippen LogP contribution is -2.32. The minimum Gasteiger partial charge on any atom is -0.356 e. The summed E-state index contributed by atoms with van der Waals surface area (Å²) >= 11 is 0. The number of carbonyl (C=O) groups is 4. The van der Waals surface area contributed by atoms with Crippen LogP contribution in [-0.2, 0) is 24.0 Å². The van der Waals surface area contributed by atoms with Crippen molar-refractivity contribution in [3.63, 3.8) is 0 Å². The zero-order valence-corrected chi connectivity index (χ0v) is 10.2. The van der Waals surface area contributed by atoms with E-state index in [0.717, 1.165) is 0 Å². The van der Waals surface area contributed by atoms with Crippen LogP contribution in [0.15, 0.2) is 0 Å². The highest BCUT2D eigenvalue weighted by atomic mass is 16.7. The third-order valence-electron chi connectivity index (χ3n) is 2.36. The van der Waals surface area contributed by atoms with Crippen molar-refractivity contribution < 1.29 is 25.4 Å². The van der Waals surface area contributed by atoms with Crippen LogP contribution >= 0.6 is 0 Å². The Morgan fingerprint density at radius 2 is 1.89 bits per heavy atom. The first-order chi connectivity index (χ1) is 8.54. The number of hydroxylamine groups is 2. The largest absolute Gasteiger partial charge is 0.356 e. The molecule has 3 amide bonds. The van der Waals surface area contributed by atoms with Crippen molar-refractivity contribution in [2.75, 3.05) is 6.54 Å². The number of hydrogen-bond donors (Lipinski definition) is 1. The summed E-state index contributed by atoms with van der Waals surface area (Å²) in [7, 11) is 0.